The topological polar surface area (TPSA) is 181 Å². The number of para-hydroxylation sites is 1. The van der Waals surface area contributed by atoms with Crippen LogP contribution in [0.15, 0.2) is 82.6 Å². The maximum Gasteiger partial charge on any atom is 0.402 e. The number of fused-ring (bicyclic) bond motifs is 1. The lowest BCUT2D eigenvalue weighted by Crippen LogP contribution is -2.42. The highest BCUT2D eigenvalue weighted by Crippen LogP contribution is 2.47. The van der Waals surface area contributed by atoms with Crippen molar-refractivity contribution in [3.8, 4) is 5.75 Å². The molecule has 0 saturated heterocycles. The van der Waals surface area contributed by atoms with E-state index in [1.165, 1.54) is 17.8 Å². The van der Waals surface area contributed by atoms with Crippen molar-refractivity contribution in [1.29, 1.82) is 0 Å². The zero-order chi connectivity index (χ0) is 35.7. The molecule has 16 heteroatoms. The number of carbonyl (C=O) groups excluding carboxylic acids is 2. The molecule has 1 aliphatic rings. The smallest absolute Gasteiger partial charge is 0.402 e. The van der Waals surface area contributed by atoms with E-state index in [0.29, 0.717) is 29.1 Å². The number of amides is 2. The lowest BCUT2D eigenvalue weighted by Gasteiger charge is -2.36. The number of benzene rings is 3. The Labute approximate surface area is 290 Å². The third-order valence-corrected chi connectivity index (χ3v) is 12.3. The summed E-state index contributed by atoms with van der Waals surface area (Å²) in [5, 5.41) is 22.3. The molecule has 13 nitrogen and oxygen atoms in total. The molecular formula is C33H42N3O10PS2. The summed E-state index contributed by atoms with van der Waals surface area (Å²) in [6, 6.07) is 19.8. The van der Waals surface area contributed by atoms with E-state index in [1.807, 2.05) is 43.5 Å². The van der Waals surface area contributed by atoms with Gasteiger partial charge in [-0.1, -0.05) is 75.2 Å². The molecule has 0 spiro atoms. The molecule has 1 aliphatic heterocycles. The van der Waals surface area contributed by atoms with E-state index >= 15 is 0 Å². The molecule has 266 valence electrons. The van der Waals surface area contributed by atoms with Gasteiger partial charge in [-0.05, 0) is 42.9 Å². The Kier molecular flexibility index (Phi) is 13.3. The van der Waals surface area contributed by atoms with Gasteiger partial charge in [-0.25, -0.2) is 18.9 Å². The molecule has 0 aromatic heterocycles. The molecule has 0 aliphatic carbocycles. The van der Waals surface area contributed by atoms with Crippen molar-refractivity contribution in [2.75, 3.05) is 36.3 Å². The predicted octanol–water partition coefficient (Wildman–Crippen LogP) is 6.40. The molecule has 2 atom stereocenters. The fourth-order valence-corrected chi connectivity index (χ4v) is 9.00. The first-order chi connectivity index (χ1) is 23.4. The van der Waals surface area contributed by atoms with Crippen molar-refractivity contribution in [3.63, 3.8) is 0 Å². The summed E-state index contributed by atoms with van der Waals surface area (Å²) in [6.45, 7) is 4.07. The number of anilines is 2. The first-order valence-corrected chi connectivity index (χ1v) is 20.3. The zero-order valence-electron chi connectivity index (χ0n) is 27.5. The number of thioether (sulfide) groups is 1. The molecule has 1 heterocycles. The Hall–Kier alpha value is -3.43. The van der Waals surface area contributed by atoms with E-state index in [-0.39, 0.29) is 16.4 Å². The number of nitrogens with one attached hydrogen (secondary N) is 2. The molecule has 4 N–H and O–H groups in total. The highest BCUT2D eigenvalue weighted by molar-refractivity contribution is 7.98. The van der Waals surface area contributed by atoms with E-state index in [9.17, 15) is 22.6 Å². The van der Waals surface area contributed by atoms with Crippen LogP contribution in [0, 0.1) is 5.41 Å². The Morgan fingerprint density at radius 3 is 2.29 bits per heavy atom. The predicted molar refractivity (Wildman–Crippen MR) is 187 cm³/mol. The largest absolute Gasteiger partial charge is 0.483 e. The van der Waals surface area contributed by atoms with Gasteiger partial charge in [0.05, 0.1) is 21.2 Å². The lowest BCUT2D eigenvalue weighted by atomic mass is 9.81. The van der Waals surface area contributed by atoms with E-state index < -0.39 is 53.6 Å². The van der Waals surface area contributed by atoms with Crippen molar-refractivity contribution in [1.82, 2.24) is 10.6 Å². The van der Waals surface area contributed by atoms with E-state index in [2.05, 4.69) is 31.8 Å². The van der Waals surface area contributed by atoms with Gasteiger partial charge in [-0.3, -0.25) is 14.2 Å². The van der Waals surface area contributed by atoms with Crippen LogP contribution < -0.4 is 20.3 Å². The van der Waals surface area contributed by atoms with E-state index in [0.717, 1.165) is 24.9 Å². The molecular weight excluding hydrogens is 693 g/mol. The molecule has 0 saturated carbocycles. The molecule has 3 aromatic rings. The first kappa shape index (κ1) is 38.4. The van der Waals surface area contributed by atoms with Crippen molar-refractivity contribution in [2.24, 2.45) is 5.41 Å². The standard InChI is InChI=1S/C33H42N3O10PS2/c1-4-6-17-33(5-2)21-36(25-15-11-8-12-16-25)26-18-28(48-3)27(19-29(26)49(42,43)22-33)44-20-30(37)35-31(24-13-9-7-10-14-24)32(38)34-23-47(41,45-39)46-40/h7-16,18-19,31,39-40H,4-6,17,20-23H2,1-3H3,(H,34,38)(H,35,37)/t31-,33?/m1/s1. The van der Waals surface area contributed by atoms with Crippen LogP contribution in [-0.4, -0.2) is 62.2 Å². The van der Waals surface area contributed by atoms with Gasteiger partial charge < -0.3 is 20.3 Å². The van der Waals surface area contributed by atoms with E-state index in [4.69, 9.17) is 15.3 Å². The average molecular weight is 736 g/mol. The normalized spacial score (nSPS) is 17.8. The van der Waals surface area contributed by atoms with Gasteiger partial charge in [0.1, 0.15) is 18.1 Å². The maximum atomic E-state index is 14.2. The number of rotatable bonds is 16. The molecule has 2 amide bonds. The van der Waals surface area contributed by atoms with Gasteiger partial charge in [-0.15, -0.1) is 21.1 Å². The number of hydrogen-bond donors (Lipinski definition) is 4. The minimum Gasteiger partial charge on any atom is -0.483 e. The molecule has 1 unspecified atom stereocenters. The summed E-state index contributed by atoms with van der Waals surface area (Å²) in [5.41, 5.74) is 1.28. The third-order valence-electron chi connectivity index (χ3n) is 8.49. The highest BCUT2D eigenvalue weighted by Gasteiger charge is 2.42. The van der Waals surface area contributed by atoms with Gasteiger partial charge in [0.2, 0.25) is 5.91 Å². The van der Waals surface area contributed by atoms with Crippen molar-refractivity contribution >= 4 is 52.4 Å². The SMILES string of the molecule is CCCCC1(CC)CN(c2ccccc2)c2cc(SC)c(OCC(=O)N[C@@H](C(=O)NCP(=O)(OO)OO)c3ccccc3)cc2S(=O)(=O)C1. The van der Waals surface area contributed by atoms with Gasteiger partial charge in [-0.2, -0.15) is 0 Å². The zero-order valence-corrected chi connectivity index (χ0v) is 30.1. The van der Waals surface area contributed by atoms with Crippen LogP contribution in [0.5, 0.6) is 5.75 Å². The quantitative estimate of drug-likeness (QED) is 0.0551. The number of ether oxygens (including phenoxy) is 1. The van der Waals surface area contributed by atoms with Crippen LogP contribution in [0.1, 0.15) is 51.1 Å². The first-order valence-electron chi connectivity index (χ1n) is 15.7. The van der Waals surface area contributed by atoms with Crippen LogP contribution in [0.2, 0.25) is 0 Å². The summed E-state index contributed by atoms with van der Waals surface area (Å²) in [6.07, 6.45) is 4.20. The Morgan fingerprint density at radius 1 is 1.04 bits per heavy atom. The number of hydrogen-bond acceptors (Lipinski definition) is 12. The van der Waals surface area contributed by atoms with Crippen LogP contribution in [0.25, 0.3) is 0 Å². The number of nitrogens with zero attached hydrogens (tertiary/aromatic N) is 1. The Bertz CT molecular complexity index is 1740. The monoisotopic (exact) mass is 735 g/mol. The van der Waals surface area contributed by atoms with E-state index in [1.54, 1.807) is 36.4 Å². The molecule has 0 bridgehead atoms. The van der Waals surface area contributed by atoms with Crippen LogP contribution in [0.4, 0.5) is 11.4 Å². The van der Waals surface area contributed by atoms with Gasteiger partial charge in [0.25, 0.3) is 5.91 Å². The molecule has 0 fully saturated rings. The van der Waals surface area contributed by atoms with Crippen molar-refractivity contribution in [2.45, 2.75) is 55.4 Å². The van der Waals surface area contributed by atoms with Gasteiger partial charge in [0.15, 0.2) is 16.4 Å². The fraction of sp³-hybridized carbons (Fsp3) is 0.394. The summed E-state index contributed by atoms with van der Waals surface area (Å²) in [5.74, 6) is -1.41. The minimum absolute atomic E-state index is 0.0329. The second-order valence-electron chi connectivity index (χ2n) is 11.8. The van der Waals surface area contributed by atoms with Gasteiger partial charge in [0, 0.05) is 23.7 Å². The second kappa shape index (κ2) is 17.0. The maximum absolute atomic E-state index is 14.2. The van der Waals surface area contributed by atoms with Crippen molar-refractivity contribution in [3.05, 3.63) is 78.4 Å². The van der Waals surface area contributed by atoms with Gasteiger partial charge >= 0.3 is 7.60 Å². The highest BCUT2D eigenvalue weighted by atomic mass is 32.2. The van der Waals surface area contributed by atoms with Crippen LogP contribution >= 0.6 is 19.4 Å². The minimum atomic E-state index is -4.44. The average Bonchev–Trinajstić information content (AvgIpc) is 3.22. The van der Waals surface area contributed by atoms with Crippen LogP contribution in [-0.2, 0) is 33.3 Å². The number of unbranched alkanes of at least 4 members (excludes halogenated alkanes) is 1. The summed E-state index contributed by atoms with van der Waals surface area (Å²) >= 11 is 1.34. The fourth-order valence-electron chi connectivity index (χ4n) is 5.78. The molecule has 4 rings (SSSR count). The number of carbonyl (C=O) groups is 2. The number of sulfone groups is 1. The lowest BCUT2D eigenvalue weighted by molar-refractivity contribution is -0.208. The Morgan fingerprint density at radius 2 is 1.69 bits per heavy atom. The summed E-state index contributed by atoms with van der Waals surface area (Å²) < 4.78 is 53.6. The van der Waals surface area contributed by atoms with Crippen LogP contribution in [0.3, 0.4) is 0 Å². The Balaban J connectivity index is 1.64. The summed E-state index contributed by atoms with van der Waals surface area (Å²) in [7, 11) is -8.25. The second-order valence-corrected chi connectivity index (χ2v) is 16.5. The molecule has 49 heavy (non-hydrogen) atoms. The summed E-state index contributed by atoms with van der Waals surface area (Å²) in [4.78, 5) is 29.1. The van der Waals surface area contributed by atoms with Crippen molar-refractivity contribution < 1.29 is 47.2 Å². The third kappa shape index (κ3) is 9.43. The molecule has 3 aromatic carbocycles. The molecule has 0 radical (unpaired) electrons.